The number of hydrogen-bond acceptors (Lipinski definition) is 3. The van der Waals surface area contributed by atoms with Gasteiger partial charge in [-0.1, -0.05) is 66.7 Å². The first-order valence-corrected chi connectivity index (χ1v) is 7.77. The molecule has 24 heavy (non-hydrogen) atoms. The zero-order valence-corrected chi connectivity index (χ0v) is 13.2. The highest BCUT2D eigenvalue weighted by Crippen LogP contribution is 2.40. The van der Waals surface area contributed by atoms with Gasteiger partial charge in [0.15, 0.2) is 0 Å². The second-order valence-corrected chi connectivity index (χ2v) is 5.73. The average Bonchev–Trinajstić information content (AvgIpc) is 2.99. The molecule has 0 N–H and O–H groups in total. The molecule has 0 spiro atoms. The Bertz CT molecular complexity index is 943. The summed E-state index contributed by atoms with van der Waals surface area (Å²) in [6.07, 6.45) is 1.50. The molecule has 0 aliphatic carbocycles. The molecular formula is C21H16O3. The van der Waals surface area contributed by atoms with Gasteiger partial charge in [-0.25, -0.2) is 0 Å². The van der Waals surface area contributed by atoms with Crippen LogP contribution in [-0.2, 0) is 20.1 Å². The van der Waals surface area contributed by atoms with E-state index in [0.29, 0.717) is 11.1 Å². The second kappa shape index (κ2) is 5.62. The smallest absolute Gasteiger partial charge is 0.301 e. The van der Waals surface area contributed by atoms with Crippen LogP contribution < -0.4 is 0 Å². The summed E-state index contributed by atoms with van der Waals surface area (Å²) in [5.74, 6) is -1.59. The molecule has 0 radical (unpaired) electrons. The summed E-state index contributed by atoms with van der Waals surface area (Å²) < 4.78 is 11.2. The maximum Gasteiger partial charge on any atom is 0.301 e. The number of hydrogen-bond donors (Lipinski definition) is 0. The molecule has 0 saturated carbocycles. The van der Waals surface area contributed by atoms with E-state index in [-0.39, 0.29) is 5.78 Å². The quantitative estimate of drug-likeness (QED) is 0.723. The van der Waals surface area contributed by atoms with Gasteiger partial charge in [0, 0.05) is 12.7 Å². The Morgan fingerprint density at radius 1 is 0.875 bits per heavy atom. The molecule has 0 amide bonds. The van der Waals surface area contributed by atoms with E-state index >= 15 is 0 Å². The molecular weight excluding hydrogens is 300 g/mol. The summed E-state index contributed by atoms with van der Waals surface area (Å²) in [6.45, 7) is 0. The summed E-state index contributed by atoms with van der Waals surface area (Å²) in [6, 6.07) is 23.3. The number of carbonyl (C=O) groups excluding carboxylic acids is 1. The van der Waals surface area contributed by atoms with Gasteiger partial charge in [0.1, 0.15) is 0 Å². The van der Waals surface area contributed by atoms with Crippen LogP contribution in [0.2, 0.25) is 0 Å². The molecule has 118 valence electrons. The van der Waals surface area contributed by atoms with Gasteiger partial charge in [0.25, 0.3) is 0 Å². The number of ether oxygens (including phenoxy) is 2. The number of Topliss-reactive ketones (excluding diaryl/α,β-unsaturated/α-hetero) is 1. The molecule has 3 heteroatoms. The van der Waals surface area contributed by atoms with Crippen LogP contribution in [0, 0.1) is 0 Å². The van der Waals surface area contributed by atoms with E-state index in [1.807, 2.05) is 72.8 Å². The van der Waals surface area contributed by atoms with Gasteiger partial charge in [0.2, 0.25) is 5.78 Å². The van der Waals surface area contributed by atoms with Crippen molar-refractivity contribution in [3.63, 3.8) is 0 Å². The fourth-order valence-corrected chi connectivity index (χ4v) is 3.10. The molecule has 1 aliphatic rings. The van der Waals surface area contributed by atoms with E-state index in [9.17, 15) is 4.79 Å². The SMILES string of the molecule is COC1(c2ccccc2)OC=C(c2ccc3ccccc3c2)C1=O. The van der Waals surface area contributed by atoms with Gasteiger partial charge >= 0.3 is 5.79 Å². The first-order valence-electron chi connectivity index (χ1n) is 7.77. The molecule has 0 bridgehead atoms. The highest BCUT2D eigenvalue weighted by molar-refractivity contribution is 6.25. The Hall–Kier alpha value is -2.91. The number of ketones is 1. The van der Waals surface area contributed by atoms with Crippen LogP contribution >= 0.6 is 0 Å². The maximum absolute atomic E-state index is 13.1. The topological polar surface area (TPSA) is 35.5 Å². The van der Waals surface area contributed by atoms with Crippen molar-refractivity contribution >= 4 is 22.1 Å². The summed E-state index contributed by atoms with van der Waals surface area (Å²) in [5.41, 5.74) is 2.03. The highest BCUT2D eigenvalue weighted by Gasteiger charge is 2.48. The van der Waals surface area contributed by atoms with Crippen molar-refractivity contribution in [3.8, 4) is 0 Å². The van der Waals surface area contributed by atoms with Crippen LogP contribution in [0.15, 0.2) is 79.1 Å². The van der Waals surface area contributed by atoms with Gasteiger partial charge in [-0.05, 0) is 22.4 Å². The lowest BCUT2D eigenvalue weighted by Crippen LogP contribution is -2.36. The van der Waals surface area contributed by atoms with Crippen LogP contribution in [0.5, 0.6) is 0 Å². The molecule has 3 nitrogen and oxygen atoms in total. The third-order valence-electron chi connectivity index (χ3n) is 4.39. The number of fused-ring (bicyclic) bond motifs is 1. The van der Waals surface area contributed by atoms with Crippen LogP contribution in [0.4, 0.5) is 0 Å². The van der Waals surface area contributed by atoms with Gasteiger partial charge in [-0.15, -0.1) is 0 Å². The van der Waals surface area contributed by atoms with Crippen molar-refractivity contribution in [2.45, 2.75) is 5.79 Å². The van der Waals surface area contributed by atoms with Crippen molar-refractivity contribution in [3.05, 3.63) is 90.2 Å². The maximum atomic E-state index is 13.1. The van der Waals surface area contributed by atoms with Crippen molar-refractivity contribution in [1.82, 2.24) is 0 Å². The number of carbonyl (C=O) groups is 1. The Labute approximate surface area is 140 Å². The molecule has 4 rings (SSSR count). The summed E-state index contributed by atoms with van der Waals surface area (Å²) in [7, 11) is 1.49. The summed E-state index contributed by atoms with van der Waals surface area (Å²) >= 11 is 0. The average molecular weight is 316 g/mol. The van der Waals surface area contributed by atoms with Crippen molar-refractivity contribution < 1.29 is 14.3 Å². The van der Waals surface area contributed by atoms with E-state index in [4.69, 9.17) is 9.47 Å². The zero-order chi connectivity index (χ0) is 16.6. The number of benzene rings is 3. The first kappa shape index (κ1) is 14.7. The zero-order valence-electron chi connectivity index (χ0n) is 13.2. The predicted octanol–water partition coefficient (Wildman–Crippen LogP) is 4.28. The lowest BCUT2D eigenvalue weighted by Gasteiger charge is -2.25. The highest BCUT2D eigenvalue weighted by atomic mass is 16.7. The third kappa shape index (κ3) is 2.14. The largest absolute Gasteiger partial charge is 0.458 e. The van der Waals surface area contributed by atoms with Gasteiger partial charge in [-0.2, -0.15) is 0 Å². The molecule has 3 aromatic carbocycles. The third-order valence-corrected chi connectivity index (χ3v) is 4.39. The normalized spacial score (nSPS) is 20.0. The van der Waals surface area contributed by atoms with Crippen LogP contribution in [0.1, 0.15) is 11.1 Å². The van der Waals surface area contributed by atoms with Gasteiger partial charge in [0.05, 0.1) is 11.8 Å². The molecule has 1 atom stereocenters. The minimum atomic E-state index is -1.40. The van der Waals surface area contributed by atoms with Gasteiger partial charge in [-0.3, -0.25) is 4.79 Å². The first-order chi connectivity index (χ1) is 11.7. The van der Waals surface area contributed by atoms with Crippen molar-refractivity contribution in [2.75, 3.05) is 7.11 Å². The lowest BCUT2D eigenvalue weighted by atomic mass is 9.93. The molecule has 1 heterocycles. The minimum Gasteiger partial charge on any atom is -0.458 e. The fraction of sp³-hybridized carbons (Fsp3) is 0.0952. The molecule has 1 unspecified atom stereocenters. The van der Waals surface area contributed by atoms with Crippen molar-refractivity contribution in [1.29, 1.82) is 0 Å². The number of rotatable bonds is 3. The molecule has 0 fully saturated rings. The predicted molar refractivity (Wildman–Crippen MR) is 93.1 cm³/mol. The monoisotopic (exact) mass is 316 g/mol. The van der Waals surface area contributed by atoms with Crippen LogP contribution in [-0.4, -0.2) is 12.9 Å². The van der Waals surface area contributed by atoms with E-state index < -0.39 is 5.79 Å². The minimum absolute atomic E-state index is 0.188. The van der Waals surface area contributed by atoms with E-state index in [1.54, 1.807) is 0 Å². The molecule has 1 aliphatic heterocycles. The second-order valence-electron chi connectivity index (χ2n) is 5.73. The Balaban J connectivity index is 1.76. The summed E-state index contributed by atoms with van der Waals surface area (Å²) in [4.78, 5) is 13.1. The fourth-order valence-electron chi connectivity index (χ4n) is 3.10. The Morgan fingerprint density at radius 2 is 1.58 bits per heavy atom. The van der Waals surface area contributed by atoms with E-state index in [2.05, 4.69) is 0 Å². The van der Waals surface area contributed by atoms with Crippen LogP contribution in [0.3, 0.4) is 0 Å². The van der Waals surface area contributed by atoms with Gasteiger partial charge < -0.3 is 9.47 Å². The number of methoxy groups -OCH3 is 1. The molecule has 0 aromatic heterocycles. The molecule has 3 aromatic rings. The lowest BCUT2D eigenvalue weighted by molar-refractivity contribution is -0.190. The molecule has 0 saturated heterocycles. The summed E-state index contributed by atoms with van der Waals surface area (Å²) in [5, 5.41) is 2.22. The Morgan fingerprint density at radius 3 is 2.33 bits per heavy atom. The van der Waals surface area contributed by atoms with Crippen LogP contribution in [0.25, 0.3) is 16.3 Å². The standard InChI is InChI=1S/C21H16O3/c1-23-21(18-9-3-2-4-10-18)20(22)19(14-24-21)17-12-11-15-7-5-6-8-16(15)13-17/h2-14H,1H3. The van der Waals surface area contributed by atoms with Crippen molar-refractivity contribution in [2.24, 2.45) is 0 Å². The van der Waals surface area contributed by atoms with E-state index in [0.717, 1.165) is 16.3 Å². The van der Waals surface area contributed by atoms with E-state index in [1.165, 1.54) is 13.4 Å². The Kier molecular flexibility index (Phi) is 3.44.